The van der Waals surface area contributed by atoms with Crippen molar-refractivity contribution in [2.75, 3.05) is 0 Å². The molecule has 0 aromatic rings. The van der Waals surface area contributed by atoms with Crippen LogP contribution in [0.2, 0.25) is 0 Å². The van der Waals surface area contributed by atoms with Crippen LogP contribution in [-0.4, -0.2) is 15.5 Å². The molecule has 0 saturated heterocycles. The quantitative estimate of drug-likeness (QED) is 0.608. The Kier molecular flexibility index (Phi) is 3.18. The Morgan fingerprint density at radius 2 is 2.38 bits per heavy atom. The first-order valence-electron chi connectivity index (χ1n) is 3.77. The average Bonchev–Trinajstić information content (AvgIpc) is 2.09. The predicted octanol–water partition coefficient (Wildman–Crippen LogP) is 2.34. The van der Waals surface area contributed by atoms with Gasteiger partial charge in [0.1, 0.15) is 4.45 Å². The van der Waals surface area contributed by atoms with E-state index in [1.54, 1.807) is 12.3 Å². The highest BCUT2D eigenvalue weighted by molar-refractivity contribution is 9.12. The highest BCUT2D eigenvalue weighted by atomic mass is 79.9. The molecule has 5 heteroatoms. The van der Waals surface area contributed by atoms with Crippen molar-refractivity contribution < 1.29 is 9.90 Å². The van der Waals surface area contributed by atoms with E-state index in [0.29, 0.717) is 12.0 Å². The molecule has 13 heavy (non-hydrogen) atoms. The van der Waals surface area contributed by atoms with Gasteiger partial charge in [-0.25, -0.2) is 4.79 Å². The first kappa shape index (κ1) is 10.8. The van der Waals surface area contributed by atoms with E-state index >= 15 is 0 Å². The largest absolute Gasteiger partial charge is 0.478 e. The molecule has 2 N–H and O–H groups in total. The van der Waals surface area contributed by atoms with Crippen LogP contribution in [0, 0.1) is 0 Å². The van der Waals surface area contributed by atoms with Crippen LogP contribution in [-0.2, 0) is 4.79 Å². The molecule has 1 atom stereocenters. The molecule has 1 heterocycles. The topological polar surface area (TPSA) is 49.3 Å². The van der Waals surface area contributed by atoms with Crippen LogP contribution in [0.25, 0.3) is 0 Å². The molecule has 0 aliphatic carbocycles. The molecule has 0 bridgehead atoms. The summed E-state index contributed by atoms with van der Waals surface area (Å²) in [6, 6.07) is 0. The maximum Gasteiger partial charge on any atom is 0.334 e. The Labute approximate surface area is 93.1 Å². The molecule has 1 rings (SSSR count). The van der Waals surface area contributed by atoms with Gasteiger partial charge in [-0.15, -0.1) is 0 Å². The minimum Gasteiger partial charge on any atom is -0.478 e. The van der Waals surface area contributed by atoms with Gasteiger partial charge in [-0.3, -0.25) is 0 Å². The Balaban J connectivity index is 3.07. The zero-order chi connectivity index (χ0) is 10.1. The fourth-order valence-electron chi connectivity index (χ4n) is 1.08. The average molecular weight is 311 g/mol. The van der Waals surface area contributed by atoms with Crippen LogP contribution >= 0.6 is 31.9 Å². The molecule has 72 valence electrons. The van der Waals surface area contributed by atoms with E-state index in [1.807, 2.05) is 6.92 Å². The van der Waals surface area contributed by atoms with E-state index in [9.17, 15) is 4.79 Å². The summed E-state index contributed by atoms with van der Waals surface area (Å²) in [5.74, 6) is -0.920. The third-order valence-electron chi connectivity index (χ3n) is 1.87. The lowest BCUT2D eigenvalue weighted by atomic mass is 10.0. The molecule has 0 saturated carbocycles. The molecule has 0 radical (unpaired) electrons. The number of alkyl halides is 1. The molecule has 3 nitrogen and oxygen atoms in total. The number of halogens is 2. The zero-order valence-electron chi connectivity index (χ0n) is 6.97. The number of carbonyl (C=O) groups is 1. The van der Waals surface area contributed by atoms with Crippen molar-refractivity contribution in [3.05, 3.63) is 22.3 Å². The van der Waals surface area contributed by atoms with Gasteiger partial charge in [-0.1, -0.05) is 22.9 Å². The number of carboxylic acid groups (broad SMARTS) is 1. The van der Waals surface area contributed by atoms with Gasteiger partial charge in [-0.2, -0.15) is 0 Å². The molecule has 1 unspecified atom stereocenters. The first-order chi connectivity index (χ1) is 5.99. The second kappa shape index (κ2) is 3.84. The van der Waals surface area contributed by atoms with E-state index in [-0.39, 0.29) is 0 Å². The second-order valence-electron chi connectivity index (χ2n) is 2.69. The van der Waals surface area contributed by atoms with Crippen LogP contribution in [0.4, 0.5) is 0 Å². The van der Waals surface area contributed by atoms with Crippen molar-refractivity contribution in [1.82, 2.24) is 5.32 Å². The Morgan fingerprint density at radius 3 is 2.85 bits per heavy atom. The molecule has 0 aromatic heterocycles. The third-order valence-corrected chi connectivity index (χ3v) is 3.54. The monoisotopic (exact) mass is 309 g/mol. The molecule has 0 fully saturated rings. The van der Waals surface area contributed by atoms with E-state index < -0.39 is 10.4 Å². The van der Waals surface area contributed by atoms with E-state index in [0.717, 1.165) is 4.48 Å². The Bertz CT molecular complexity index is 299. The maximum absolute atomic E-state index is 10.9. The van der Waals surface area contributed by atoms with Gasteiger partial charge in [0, 0.05) is 10.7 Å². The molecule has 0 amide bonds. The Hall–Kier alpha value is -0.290. The molecule has 1 aliphatic heterocycles. The highest BCUT2D eigenvalue weighted by Gasteiger charge is 2.34. The number of nitrogens with one attached hydrogen (secondary N) is 1. The van der Waals surface area contributed by atoms with Crippen molar-refractivity contribution in [3.63, 3.8) is 0 Å². The predicted molar refractivity (Wildman–Crippen MR) is 57.8 cm³/mol. The number of allylic oxidation sites excluding steroid dienone is 2. The van der Waals surface area contributed by atoms with Crippen molar-refractivity contribution >= 4 is 37.8 Å². The van der Waals surface area contributed by atoms with Crippen LogP contribution in [0.3, 0.4) is 0 Å². The lowest BCUT2D eigenvalue weighted by Crippen LogP contribution is -2.41. The van der Waals surface area contributed by atoms with Crippen molar-refractivity contribution in [1.29, 1.82) is 0 Å². The summed E-state index contributed by atoms with van der Waals surface area (Å²) in [5.41, 5.74) is 0.310. The maximum atomic E-state index is 10.9. The summed E-state index contributed by atoms with van der Waals surface area (Å²) in [6.07, 6.45) is 3.98. The van der Waals surface area contributed by atoms with Crippen LogP contribution < -0.4 is 5.32 Å². The zero-order valence-corrected chi connectivity index (χ0v) is 10.1. The summed E-state index contributed by atoms with van der Waals surface area (Å²) in [4.78, 5) is 10.9. The number of carboxylic acids is 1. The molecule has 0 aromatic carbocycles. The second-order valence-corrected chi connectivity index (χ2v) is 4.96. The van der Waals surface area contributed by atoms with Gasteiger partial charge in [0.15, 0.2) is 0 Å². The number of dihydropyridines is 1. The summed E-state index contributed by atoms with van der Waals surface area (Å²) in [7, 11) is 0. The SMILES string of the molecule is CCC1(Br)NC=C(Br)C=C1C(=O)O. The highest BCUT2D eigenvalue weighted by Crippen LogP contribution is 2.33. The number of rotatable bonds is 2. The van der Waals surface area contributed by atoms with Crippen LogP contribution in [0.15, 0.2) is 22.3 Å². The summed E-state index contributed by atoms with van der Waals surface area (Å²) in [5, 5.41) is 11.9. The molecular formula is C8H9Br2NO2. The van der Waals surface area contributed by atoms with Gasteiger partial charge in [-0.05, 0) is 28.4 Å². The minimum absolute atomic E-state index is 0.310. The minimum atomic E-state index is -0.920. The normalized spacial score (nSPS) is 27.3. The molecular weight excluding hydrogens is 302 g/mol. The molecule has 0 spiro atoms. The standard InChI is InChI=1S/C8H9Br2NO2/c1-2-8(10)6(7(12)13)3-5(9)4-11-8/h3-4,11H,2H2,1H3,(H,12,13). The number of aliphatic carboxylic acids is 1. The third kappa shape index (κ3) is 2.14. The fraction of sp³-hybridized carbons (Fsp3) is 0.375. The van der Waals surface area contributed by atoms with Gasteiger partial charge in [0.05, 0.1) is 5.57 Å². The summed E-state index contributed by atoms with van der Waals surface area (Å²) >= 11 is 6.58. The van der Waals surface area contributed by atoms with Crippen molar-refractivity contribution in [2.24, 2.45) is 0 Å². The summed E-state index contributed by atoms with van der Waals surface area (Å²) < 4.78 is 0.0873. The van der Waals surface area contributed by atoms with Gasteiger partial charge < -0.3 is 10.4 Å². The van der Waals surface area contributed by atoms with Gasteiger partial charge in [0.25, 0.3) is 0 Å². The molecule has 1 aliphatic rings. The van der Waals surface area contributed by atoms with Crippen molar-refractivity contribution in [2.45, 2.75) is 17.8 Å². The lowest BCUT2D eigenvalue weighted by molar-refractivity contribution is -0.133. The van der Waals surface area contributed by atoms with Crippen LogP contribution in [0.1, 0.15) is 13.3 Å². The smallest absolute Gasteiger partial charge is 0.334 e. The number of hydrogen-bond acceptors (Lipinski definition) is 2. The van der Waals surface area contributed by atoms with Crippen molar-refractivity contribution in [3.8, 4) is 0 Å². The summed E-state index contributed by atoms with van der Waals surface area (Å²) in [6.45, 7) is 1.91. The first-order valence-corrected chi connectivity index (χ1v) is 5.36. The van der Waals surface area contributed by atoms with E-state index in [2.05, 4.69) is 37.2 Å². The van der Waals surface area contributed by atoms with Crippen LogP contribution in [0.5, 0.6) is 0 Å². The number of hydrogen-bond donors (Lipinski definition) is 2. The van der Waals surface area contributed by atoms with E-state index in [1.165, 1.54) is 0 Å². The van der Waals surface area contributed by atoms with E-state index in [4.69, 9.17) is 5.11 Å². The fourth-order valence-corrected chi connectivity index (χ4v) is 1.82. The van der Waals surface area contributed by atoms with Gasteiger partial charge >= 0.3 is 5.97 Å². The Morgan fingerprint density at radius 1 is 1.77 bits per heavy atom. The lowest BCUT2D eigenvalue weighted by Gasteiger charge is -2.30. The van der Waals surface area contributed by atoms with Gasteiger partial charge in [0.2, 0.25) is 0 Å².